The molecule has 1 fully saturated rings. The quantitative estimate of drug-likeness (QED) is 0.327. The first-order chi connectivity index (χ1) is 14.0. The minimum atomic E-state index is -0.715. The number of carbonyl (C=O) groups is 3. The average molecular weight is 409 g/mol. The number of carbonyl (C=O) groups excluding carboxylic acids is 3. The number of hydrogen-bond donors (Lipinski definition) is 2. The molecular weight excluding hydrogens is 372 g/mol. The van der Waals surface area contributed by atoms with Crippen LogP contribution in [0, 0.1) is 23.7 Å². The molecule has 2 rings (SSSR count). The molecule has 0 aromatic carbocycles. The molecular formula is C22H36N2O5. The van der Waals surface area contributed by atoms with Crippen molar-refractivity contribution in [2.24, 2.45) is 23.7 Å². The fraction of sp³-hybridized carbons (Fsp3) is 0.773. The number of esters is 1. The van der Waals surface area contributed by atoms with Crippen molar-refractivity contribution >= 4 is 17.8 Å². The number of amides is 2. The molecule has 1 aliphatic heterocycles. The Morgan fingerprint density at radius 1 is 1.24 bits per heavy atom. The van der Waals surface area contributed by atoms with Crippen LogP contribution in [-0.4, -0.2) is 59.6 Å². The van der Waals surface area contributed by atoms with Crippen molar-refractivity contribution in [3.63, 3.8) is 0 Å². The van der Waals surface area contributed by atoms with Crippen LogP contribution >= 0.6 is 0 Å². The maximum Gasteiger partial charge on any atom is 0.310 e. The molecule has 0 spiro atoms. The number of likely N-dealkylation sites (tertiary alicyclic amines) is 1. The zero-order valence-corrected chi connectivity index (χ0v) is 18.1. The summed E-state index contributed by atoms with van der Waals surface area (Å²) in [6.45, 7) is 8.24. The minimum absolute atomic E-state index is 0.0998. The zero-order chi connectivity index (χ0) is 21.6. The van der Waals surface area contributed by atoms with Crippen LogP contribution in [0.4, 0.5) is 0 Å². The minimum Gasteiger partial charge on any atom is -0.466 e. The molecule has 0 aromatic rings. The fourth-order valence-corrected chi connectivity index (χ4v) is 4.70. The number of nitrogens with one attached hydrogen (secondary N) is 1. The van der Waals surface area contributed by atoms with Crippen molar-refractivity contribution in [1.82, 2.24) is 10.2 Å². The summed E-state index contributed by atoms with van der Waals surface area (Å²) in [7, 11) is 0. The highest BCUT2D eigenvalue weighted by Crippen LogP contribution is 2.46. The van der Waals surface area contributed by atoms with E-state index >= 15 is 0 Å². The summed E-state index contributed by atoms with van der Waals surface area (Å²) in [6.07, 6.45) is 6.95. The van der Waals surface area contributed by atoms with Gasteiger partial charge in [0, 0.05) is 12.5 Å². The molecule has 164 valence electrons. The molecule has 7 heteroatoms. The zero-order valence-electron chi connectivity index (χ0n) is 18.1. The van der Waals surface area contributed by atoms with Gasteiger partial charge >= 0.3 is 5.97 Å². The second kappa shape index (κ2) is 10.8. The molecule has 7 nitrogen and oxygen atoms in total. The molecule has 29 heavy (non-hydrogen) atoms. The van der Waals surface area contributed by atoms with Gasteiger partial charge in [-0.2, -0.15) is 0 Å². The molecule has 6 atom stereocenters. The highest BCUT2D eigenvalue weighted by Gasteiger charge is 2.58. The van der Waals surface area contributed by atoms with E-state index in [1.54, 1.807) is 6.92 Å². The highest BCUT2D eigenvalue weighted by molar-refractivity contribution is 5.96. The van der Waals surface area contributed by atoms with E-state index in [1.165, 1.54) is 4.90 Å². The van der Waals surface area contributed by atoms with Crippen molar-refractivity contribution in [3.8, 4) is 0 Å². The third-order valence-corrected chi connectivity index (χ3v) is 6.25. The van der Waals surface area contributed by atoms with E-state index in [0.717, 1.165) is 12.8 Å². The van der Waals surface area contributed by atoms with Crippen LogP contribution < -0.4 is 5.32 Å². The van der Waals surface area contributed by atoms with Crippen LogP contribution in [-0.2, 0) is 19.1 Å². The maximum atomic E-state index is 13.5. The first-order valence-electron chi connectivity index (χ1n) is 11.0. The van der Waals surface area contributed by atoms with E-state index in [9.17, 15) is 19.5 Å². The summed E-state index contributed by atoms with van der Waals surface area (Å²) in [5.74, 6) is -2.56. The third kappa shape index (κ3) is 4.65. The molecule has 0 unspecified atom stereocenters. The van der Waals surface area contributed by atoms with Gasteiger partial charge in [0.25, 0.3) is 0 Å². The second-order valence-electron chi connectivity index (χ2n) is 7.92. The lowest BCUT2D eigenvalue weighted by atomic mass is 9.69. The van der Waals surface area contributed by atoms with E-state index in [2.05, 4.69) is 5.32 Å². The van der Waals surface area contributed by atoms with Crippen molar-refractivity contribution in [3.05, 3.63) is 12.2 Å². The van der Waals surface area contributed by atoms with Crippen molar-refractivity contribution in [2.75, 3.05) is 19.8 Å². The Morgan fingerprint density at radius 3 is 2.52 bits per heavy atom. The fourth-order valence-electron chi connectivity index (χ4n) is 4.70. The number of rotatable bonds is 10. The number of unbranched alkanes of at least 4 members (excludes halogenated alkanes) is 1. The molecule has 2 aliphatic rings. The van der Waals surface area contributed by atoms with Gasteiger partial charge in [0.15, 0.2) is 0 Å². The predicted molar refractivity (Wildman–Crippen MR) is 110 cm³/mol. The maximum absolute atomic E-state index is 13.5. The third-order valence-electron chi connectivity index (χ3n) is 6.25. The number of allylic oxidation sites excluding steroid dienone is 1. The summed E-state index contributed by atoms with van der Waals surface area (Å²) in [5.41, 5.74) is 0. The lowest BCUT2D eigenvalue weighted by molar-refractivity contribution is -0.156. The summed E-state index contributed by atoms with van der Waals surface area (Å²) < 4.78 is 5.30. The van der Waals surface area contributed by atoms with Crippen LogP contribution in [0.25, 0.3) is 0 Å². The number of aliphatic hydroxyl groups excluding tert-OH is 1. The molecule has 2 N–H and O–H groups in total. The summed E-state index contributed by atoms with van der Waals surface area (Å²) in [5, 5.41) is 12.8. The van der Waals surface area contributed by atoms with E-state index < -0.39 is 29.8 Å². The second-order valence-corrected chi connectivity index (χ2v) is 7.92. The van der Waals surface area contributed by atoms with Gasteiger partial charge in [-0.3, -0.25) is 14.4 Å². The van der Waals surface area contributed by atoms with E-state index in [-0.39, 0.29) is 36.9 Å². The van der Waals surface area contributed by atoms with Crippen LogP contribution in [0.2, 0.25) is 0 Å². The van der Waals surface area contributed by atoms with E-state index in [0.29, 0.717) is 19.4 Å². The molecule has 1 saturated heterocycles. The number of hydrogen-bond acceptors (Lipinski definition) is 5. The SMILES string of the molecule is CCCCNC(=O)[C@@H]1[C@H]2C=C[C@@H](CC)[C@@H](C(=O)OCC)[C@@H]2C(=O)N1[C@@H](CC)CO. The standard InChI is InChI=1S/C22H36N2O5/c1-5-9-12-23-20(26)19-16-11-10-14(6-2)17(22(28)29-8-4)18(16)21(27)24(19)15(7-3)13-25/h10-11,14-19,25H,5-9,12-13H2,1-4H3,(H,23,26)/t14-,15+,16+,17-,18-,19+/m1/s1. The van der Waals surface area contributed by atoms with Crippen molar-refractivity contribution in [2.45, 2.75) is 65.5 Å². The molecule has 2 amide bonds. The molecule has 0 radical (unpaired) electrons. The first kappa shape index (κ1) is 23.4. The van der Waals surface area contributed by atoms with Gasteiger partial charge in [-0.15, -0.1) is 0 Å². The Bertz CT molecular complexity index is 616. The summed E-state index contributed by atoms with van der Waals surface area (Å²) in [4.78, 5) is 40.9. The monoisotopic (exact) mass is 408 g/mol. The van der Waals surface area contributed by atoms with Crippen LogP contribution in [0.15, 0.2) is 12.2 Å². The number of ether oxygens (including phenoxy) is 1. The Hall–Kier alpha value is -1.89. The Morgan fingerprint density at radius 2 is 1.97 bits per heavy atom. The van der Waals surface area contributed by atoms with Gasteiger partial charge in [-0.25, -0.2) is 0 Å². The van der Waals surface area contributed by atoms with Crippen LogP contribution in [0.5, 0.6) is 0 Å². The summed E-state index contributed by atoms with van der Waals surface area (Å²) >= 11 is 0. The lowest BCUT2D eigenvalue weighted by Crippen LogP contribution is -2.52. The molecule has 0 saturated carbocycles. The van der Waals surface area contributed by atoms with Crippen molar-refractivity contribution < 1.29 is 24.2 Å². The lowest BCUT2D eigenvalue weighted by Gasteiger charge is -2.33. The average Bonchev–Trinajstić information content (AvgIpc) is 3.01. The largest absolute Gasteiger partial charge is 0.466 e. The molecule has 1 heterocycles. The molecule has 0 aromatic heterocycles. The predicted octanol–water partition coefficient (Wildman–Crippen LogP) is 1.89. The Labute approximate surface area is 173 Å². The molecule has 0 bridgehead atoms. The normalized spacial score (nSPS) is 29.5. The van der Waals surface area contributed by atoms with Gasteiger partial charge in [0.1, 0.15) is 6.04 Å². The van der Waals surface area contributed by atoms with Gasteiger partial charge in [-0.05, 0) is 32.1 Å². The Balaban J connectivity index is 2.44. The molecule has 1 aliphatic carbocycles. The smallest absolute Gasteiger partial charge is 0.310 e. The Kier molecular flexibility index (Phi) is 8.68. The summed E-state index contributed by atoms with van der Waals surface area (Å²) in [6, 6.07) is -1.17. The highest BCUT2D eigenvalue weighted by atomic mass is 16.5. The van der Waals surface area contributed by atoms with Gasteiger partial charge in [0.05, 0.1) is 31.1 Å². The van der Waals surface area contributed by atoms with Crippen LogP contribution in [0.1, 0.15) is 53.4 Å². The van der Waals surface area contributed by atoms with Crippen molar-refractivity contribution in [1.29, 1.82) is 0 Å². The van der Waals surface area contributed by atoms with Gasteiger partial charge in [0.2, 0.25) is 11.8 Å². The number of nitrogens with zero attached hydrogens (tertiary/aromatic N) is 1. The van der Waals surface area contributed by atoms with Crippen LogP contribution in [0.3, 0.4) is 0 Å². The van der Waals surface area contributed by atoms with Gasteiger partial charge in [-0.1, -0.05) is 39.3 Å². The first-order valence-corrected chi connectivity index (χ1v) is 11.0. The number of fused-ring (bicyclic) bond motifs is 1. The van der Waals surface area contributed by atoms with Gasteiger partial charge < -0.3 is 20.1 Å². The van der Waals surface area contributed by atoms with E-state index in [1.807, 2.05) is 32.9 Å². The van der Waals surface area contributed by atoms with E-state index in [4.69, 9.17) is 4.74 Å². The number of aliphatic hydroxyl groups is 1. The topological polar surface area (TPSA) is 95.9 Å².